The maximum absolute atomic E-state index is 14.0. The van der Waals surface area contributed by atoms with Gasteiger partial charge in [0.2, 0.25) is 5.91 Å². The normalized spacial score (nSPS) is 41.6. The number of nitrogens with zero attached hydrogens (tertiary/aromatic N) is 1. The molecule has 0 aromatic heterocycles. The first-order valence-corrected chi connectivity index (χ1v) is 8.06. The number of carbonyl (C=O) groups excluding carboxylic acids is 1. The first kappa shape index (κ1) is 15.7. The Hall–Kier alpha value is -1.17. The predicted molar refractivity (Wildman–Crippen MR) is 78.7 cm³/mol. The van der Waals surface area contributed by atoms with Crippen LogP contribution >= 0.6 is 0 Å². The number of likely N-dealkylation sites (tertiary alicyclic amines) is 1. The highest BCUT2D eigenvalue weighted by molar-refractivity contribution is 5.88. The van der Waals surface area contributed by atoms with Gasteiger partial charge in [0.25, 0.3) is 0 Å². The molecule has 0 aromatic rings. The third-order valence-electron chi connectivity index (χ3n) is 6.00. The molecule has 7 atom stereocenters. The number of halogens is 1. The monoisotopic (exact) mass is 312 g/mol. The molecule has 124 valence electrons. The van der Waals surface area contributed by atoms with Crippen LogP contribution in [-0.2, 0) is 9.59 Å². The Labute approximate surface area is 130 Å². The van der Waals surface area contributed by atoms with Crippen LogP contribution in [-0.4, -0.2) is 46.7 Å². The molecular weight excluding hydrogens is 287 g/mol. The van der Waals surface area contributed by atoms with Crippen LogP contribution in [0.2, 0.25) is 0 Å². The van der Waals surface area contributed by atoms with Gasteiger partial charge in [0.1, 0.15) is 12.2 Å². The molecular formula is C16H25FN2O3. The SMILES string of the molecule is CC(C)(C)[C@H](N)C(=O)N1C[C@@H]2[C@H]3C[C@@H]([C@@H]2[C@H]1C(=O)O)[C@H](F)C3. The molecule has 6 heteroatoms. The molecule has 22 heavy (non-hydrogen) atoms. The number of alkyl halides is 1. The van der Waals surface area contributed by atoms with Crippen molar-refractivity contribution in [2.45, 2.75) is 51.9 Å². The summed E-state index contributed by atoms with van der Waals surface area (Å²) in [5.74, 6) is -1.46. The van der Waals surface area contributed by atoms with Crippen molar-refractivity contribution in [3.63, 3.8) is 0 Å². The smallest absolute Gasteiger partial charge is 0.326 e. The quantitative estimate of drug-likeness (QED) is 0.804. The minimum atomic E-state index is -1.03. The number of nitrogens with two attached hydrogens (primary N) is 1. The van der Waals surface area contributed by atoms with Gasteiger partial charge in [0, 0.05) is 12.5 Å². The molecule has 3 aliphatic rings. The molecule has 1 amide bonds. The van der Waals surface area contributed by atoms with E-state index in [4.69, 9.17) is 5.73 Å². The Morgan fingerprint density at radius 3 is 2.45 bits per heavy atom. The van der Waals surface area contributed by atoms with Crippen LogP contribution in [0.15, 0.2) is 0 Å². The number of hydrogen-bond donors (Lipinski definition) is 2. The Bertz CT molecular complexity index is 504. The van der Waals surface area contributed by atoms with Crippen LogP contribution in [0.1, 0.15) is 33.6 Å². The fraction of sp³-hybridized carbons (Fsp3) is 0.875. The second-order valence-electron chi connectivity index (χ2n) is 8.27. The summed E-state index contributed by atoms with van der Waals surface area (Å²) >= 11 is 0. The Balaban J connectivity index is 1.87. The van der Waals surface area contributed by atoms with E-state index in [-0.39, 0.29) is 29.6 Å². The maximum atomic E-state index is 14.0. The average Bonchev–Trinajstić information content (AvgIpc) is 3.03. The van der Waals surface area contributed by atoms with E-state index in [0.29, 0.717) is 13.0 Å². The van der Waals surface area contributed by atoms with Gasteiger partial charge in [-0.3, -0.25) is 4.79 Å². The summed E-state index contributed by atoms with van der Waals surface area (Å²) in [4.78, 5) is 25.9. The van der Waals surface area contributed by atoms with Crippen molar-refractivity contribution in [3.05, 3.63) is 0 Å². The van der Waals surface area contributed by atoms with Crippen LogP contribution in [0.25, 0.3) is 0 Å². The van der Waals surface area contributed by atoms with Gasteiger partial charge in [-0.05, 0) is 36.0 Å². The molecule has 3 N–H and O–H groups in total. The average molecular weight is 312 g/mol. The number of rotatable bonds is 2. The van der Waals surface area contributed by atoms with Crippen molar-refractivity contribution in [2.24, 2.45) is 34.8 Å². The fourth-order valence-electron chi connectivity index (χ4n) is 4.80. The molecule has 2 aliphatic carbocycles. The lowest BCUT2D eigenvalue weighted by Gasteiger charge is -2.33. The van der Waals surface area contributed by atoms with E-state index in [9.17, 15) is 19.1 Å². The number of fused-ring (bicyclic) bond motifs is 5. The third-order valence-corrected chi connectivity index (χ3v) is 6.00. The zero-order valence-electron chi connectivity index (χ0n) is 13.3. The van der Waals surface area contributed by atoms with Gasteiger partial charge in [-0.2, -0.15) is 0 Å². The standard InChI is InChI=1S/C16H25FN2O3/c1-16(2,3)13(18)14(20)19-6-9-7-4-8(10(17)5-7)11(9)12(19)15(21)22/h7-13H,4-6,18H2,1-3H3,(H,21,22)/t7-,8+,9+,10+,11-,12-,13+/m0/s1. The molecule has 0 spiro atoms. The molecule has 0 radical (unpaired) electrons. The van der Waals surface area contributed by atoms with Gasteiger partial charge in [0.05, 0.1) is 6.04 Å². The molecule has 1 heterocycles. The zero-order chi connectivity index (χ0) is 16.4. The van der Waals surface area contributed by atoms with E-state index in [0.717, 1.165) is 6.42 Å². The summed E-state index contributed by atoms with van der Waals surface area (Å²) in [7, 11) is 0. The van der Waals surface area contributed by atoms with Crippen molar-refractivity contribution in [1.82, 2.24) is 4.90 Å². The molecule has 3 fully saturated rings. The van der Waals surface area contributed by atoms with E-state index in [1.54, 1.807) is 0 Å². The third kappa shape index (κ3) is 2.14. The van der Waals surface area contributed by atoms with E-state index in [1.165, 1.54) is 4.90 Å². The minimum Gasteiger partial charge on any atom is -0.480 e. The number of amides is 1. The highest BCUT2D eigenvalue weighted by atomic mass is 19.1. The van der Waals surface area contributed by atoms with Gasteiger partial charge in [-0.15, -0.1) is 0 Å². The van der Waals surface area contributed by atoms with Crippen molar-refractivity contribution in [1.29, 1.82) is 0 Å². The second-order valence-corrected chi connectivity index (χ2v) is 8.27. The molecule has 5 nitrogen and oxygen atoms in total. The summed E-state index contributed by atoms with van der Waals surface area (Å²) in [5, 5.41) is 9.62. The van der Waals surface area contributed by atoms with Crippen LogP contribution < -0.4 is 5.73 Å². The summed E-state index contributed by atoms with van der Waals surface area (Å²) in [6.45, 7) is 6.01. The van der Waals surface area contributed by atoms with Crippen molar-refractivity contribution < 1.29 is 19.1 Å². The first-order chi connectivity index (χ1) is 10.1. The summed E-state index contributed by atoms with van der Waals surface area (Å²) in [6.07, 6.45) is 0.374. The highest BCUT2D eigenvalue weighted by Gasteiger charge is 2.63. The largest absolute Gasteiger partial charge is 0.480 e. The van der Waals surface area contributed by atoms with Crippen LogP contribution in [0.3, 0.4) is 0 Å². The number of carboxylic acid groups (broad SMARTS) is 1. The Morgan fingerprint density at radius 1 is 1.27 bits per heavy atom. The molecule has 0 unspecified atom stereocenters. The van der Waals surface area contributed by atoms with E-state index in [2.05, 4.69) is 0 Å². The van der Waals surface area contributed by atoms with Crippen LogP contribution in [0.5, 0.6) is 0 Å². The van der Waals surface area contributed by atoms with E-state index < -0.39 is 29.6 Å². The molecule has 1 aliphatic heterocycles. The number of aliphatic carboxylic acids is 1. The molecule has 3 rings (SSSR count). The maximum Gasteiger partial charge on any atom is 0.326 e. The summed E-state index contributed by atoms with van der Waals surface area (Å²) < 4.78 is 14.0. The number of carbonyl (C=O) groups is 2. The molecule has 2 saturated carbocycles. The van der Waals surface area contributed by atoms with Gasteiger partial charge < -0.3 is 15.7 Å². The summed E-state index contributed by atoms with van der Waals surface area (Å²) in [6, 6.07) is -1.66. The molecule has 1 saturated heterocycles. The van der Waals surface area contributed by atoms with Gasteiger partial charge in [0.15, 0.2) is 0 Å². The highest BCUT2D eigenvalue weighted by Crippen LogP contribution is 2.58. The van der Waals surface area contributed by atoms with Crippen LogP contribution in [0, 0.1) is 29.1 Å². The van der Waals surface area contributed by atoms with Crippen molar-refractivity contribution in [3.8, 4) is 0 Å². The molecule has 2 bridgehead atoms. The van der Waals surface area contributed by atoms with Gasteiger partial charge in [-0.1, -0.05) is 20.8 Å². The van der Waals surface area contributed by atoms with Gasteiger partial charge in [-0.25, -0.2) is 9.18 Å². The van der Waals surface area contributed by atoms with Crippen molar-refractivity contribution >= 4 is 11.9 Å². The number of carboxylic acids is 1. The van der Waals surface area contributed by atoms with Crippen LogP contribution in [0.4, 0.5) is 4.39 Å². The van der Waals surface area contributed by atoms with E-state index in [1.807, 2.05) is 20.8 Å². The molecule has 0 aromatic carbocycles. The zero-order valence-corrected chi connectivity index (χ0v) is 13.3. The summed E-state index contributed by atoms with van der Waals surface area (Å²) in [5.41, 5.74) is 5.61. The lowest BCUT2D eigenvalue weighted by Crippen LogP contribution is -2.54. The van der Waals surface area contributed by atoms with Gasteiger partial charge >= 0.3 is 5.97 Å². The minimum absolute atomic E-state index is 0.120. The second kappa shape index (κ2) is 4.91. The first-order valence-electron chi connectivity index (χ1n) is 8.06. The lowest BCUT2D eigenvalue weighted by molar-refractivity contribution is -0.151. The van der Waals surface area contributed by atoms with E-state index >= 15 is 0 Å². The Kier molecular flexibility index (Phi) is 3.51. The van der Waals surface area contributed by atoms with Crippen molar-refractivity contribution in [2.75, 3.05) is 6.54 Å². The Morgan fingerprint density at radius 2 is 1.91 bits per heavy atom. The predicted octanol–water partition coefficient (Wildman–Crippen LogP) is 1.27. The number of hydrogen-bond acceptors (Lipinski definition) is 3. The lowest BCUT2D eigenvalue weighted by atomic mass is 9.77. The topological polar surface area (TPSA) is 83.6 Å². The fourth-order valence-corrected chi connectivity index (χ4v) is 4.80.